The SMILES string of the molecule is O=C(c1ccc(N2C(=O)OC[C@H]2CO)cc1)N1CCN(c2ncc(C3CC3)cc2C2CC2)CC1. The van der Waals surface area contributed by atoms with Crippen molar-refractivity contribution in [2.24, 2.45) is 0 Å². The summed E-state index contributed by atoms with van der Waals surface area (Å²) in [6, 6.07) is 8.97. The maximum Gasteiger partial charge on any atom is 0.414 e. The first-order chi connectivity index (χ1) is 16.6. The highest BCUT2D eigenvalue weighted by Crippen LogP contribution is 2.47. The van der Waals surface area contributed by atoms with Gasteiger partial charge in [-0.05, 0) is 72.9 Å². The molecule has 0 spiro atoms. The molecule has 2 saturated carbocycles. The molecule has 1 atom stereocenters. The molecule has 0 bridgehead atoms. The fourth-order valence-electron chi connectivity index (χ4n) is 5.07. The Morgan fingerprint density at radius 1 is 1.03 bits per heavy atom. The summed E-state index contributed by atoms with van der Waals surface area (Å²) >= 11 is 0. The average molecular weight is 463 g/mol. The van der Waals surface area contributed by atoms with Gasteiger partial charge in [-0.2, -0.15) is 0 Å². The Balaban J connectivity index is 1.11. The first kappa shape index (κ1) is 21.4. The van der Waals surface area contributed by atoms with Gasteiger partial charge in [-0.15, -0.1) is 0 Å². The van der Waals surface area contributed by atoms with Crippen molar-refractivity contribution in [3.63, 3.8) is 0 Å². The van der Waals surface area contributed by atoms with Gasteiger partial charge in [-0.3, -0.25) is 9.69 Å². The topological polar surface area (TPSA) is 86.2 Å². The van der Waals surface area contributed by atoms with Gasteiger partial charge in [-0.25, -0.2) is 9.78 Å². The van der Waals surface area contributed by atoms with E-state index in [1.54, 1.807) is 24.3 Å². The zero-order valence-electron chi connectivity index (χ0n) is 19.2. The number of aromatic nitrogens is 1. The Morgan fingerprint density at radius 3 is 2.38 bits per heavy atom. The van der Waals surface area contributed by atoms with E-state index in [-0.39, 0.29) is 19.1 Å². The van der Waals surface area contributed by atoms with Gasteiger partial charge in [0.05, 0.1) is 12.6 Å². The Bertz CT molecular complexity index is 1090. The van der Waals surface area contributed by atoms with Crippen LogP contribution in [0.15, 0.2) is 36.5 Å². The van der Waals surface area contributed by atoms with E-state index in [4.69, 9.17) is 9.72 Å². The smallest absolute Gasteiger partial charge is 0.414 e. The van der Waals surface area contributed by atoms with Crippen LogP contribution in [0.5, 0.6) is 0 Å². The number of anilines is 2. The molecule has 1 aromatic heterocycles. The number of cyclic esters (lactones) is 1. The zero-order chi connectivity index (χ0) is 23.2. The summed E-state index contributed by atoms with van der Waals surface area (Å²) in [6.45, 7) is 2.86. The lowest BCUT2D eigenvalue weighted by Crippen LogP contribution is -2.49. The van der Waals surface area contributed by atoms with Crippen molar-refractivity contribution in [3.05, 3.63) is 53.2 Å². The van der Waals surface area contributed by atoms with Crippen LogP contribution in [0, 0.1) is 0 Å². The van der Waals surface area contributed by atoms with Gasteiger partial charge in [0, 0.05) is 43.6 Å². The maximum absolute atomic E-state index is 13.1. The number of aliphatic hydroxyl groups is 1. The Morgan fingerprint density at radius 2 is 1.74 bits per heavy atom. The summed E-state index contributed by atoms with van der Waals surface area (Å²) in [6.07, 6.45) is 6.68. The third-order valence-electron chi connectivity index (χ3n) is 7.41. The molecule has 0 unspecified atom stereocenters. The number of hydrogen-bond acceptors (Lipinski definition) is 6. The molecule has 2 amide bonds. The van der Waals surface area contributed by atoms with Crippen molar-refractivity contribution in [3.8, 4) is 0 Å². The molecule has 0 radical (unpaired) electrons. The molecule has 2 aromatic rings. The van der Waals surface area contributed by atoms with Gasteiger partial charge in [0.2, 0.25) is 0 Å². The molecule has 2 saturated heterocycles. The molecular formula is C26H30N4O4. The van der Waals surface area contributed by atoms with E-state index in [1.807, 2.05) is 4.90 Å². The average Bonchev–Trinajstić information content (AvgIpc) is 3.81. The Labute approximate surface area is 199 Å². The third-order valence-corrected chi connectivity index (χ3v) is 7.41. The van der Waals surface area contributed by atoms with Crippen molar-refractivity contribution in [1.82, 2.24) is 9.88 Å². The summed E-state index contributed by atoms with van der Waals surface area (Å²) in [5.41, 5.74) is 4.02. The monoisotopic (exact) mass is 462 g/mol. The molecule has 4 fully saturated rings. The van der Waals surface area contributed by atoms with Crippen LogP contribution in [0.1, 0.15) is 59.0 Å². The van der Waals surface area contributed by atoms with E-state index >= 15 is 0 Å². The standard InChI is InChI=1S/C26H30N4O4/c31-15-22-16-34-26(33)30(22)21-7-5-19(6-8-21)25(32)29-11-9-28(10-12-29)24-23(18-3-4-18)13-20(14-27-24)17-1-2-17/h5-8,13-14,17-18,22,31H,1-4,9-12,15-16H2/t22-/m1/s1. The molecular weight excluding hydrogens is 432 g/mol. The number of amides is 2. The minimum atomic E-state index is -0.474. The minimum absolute atomic E-state index is 0.00614. The van der Waals surface area contributed by atoms with E-state index in [0.717, 1.165) is 18.9 Å². The van der Waals surface area contributed by atoms with Gasteiger partial charge in [0.25, 0.3) is 5.91 Å². The number of aliphatic hydroxyl groups excluding tert-OH is 1. The molecule has 1 aromatic carbocycles. The highest BCUT2D eigenvalue weighted by molar-refractivity contribution is 5.96. The summed E-state index contributed by atoms with van der Waals surface area (Å²) in [5.74, 6) is 2.47. The fraction of sp³-hybridized carbons (Fsp3) is 0.500. The van der Waals surface area contributed by atoms with Gasteiger partial charge in [0.1, 0.15) is 12.4 Å². The van der Waals surface area contributed by atoms with Crippen LogP contribution in [-0.2, 0) is 4.74 Å². The van der Waals surface area contributed by atoms with Crippen LogP contribution in [0.3, 0.4) is 0 Å². The number of carbonyl (C=O) groups is 2. The Kier molecular flexibility index (Phi) is 5.40. The van der Waals surface area contributed by atoms with Gasteiger partial charge < -0.3 is 19.6 Å². The molecule has 34 heavy (non-hydrogen) atoms. The molecule has 8 nitrogen and oxygen atoms in total. The van der Waals surface area contributed by atoms with Gasteiger partial charge in [0.15, 0.2) is 0 Å². The van der Waals surface area contributed by atoms with Crippen molar-refractivity contribution in [2.75, 3.05) is 49.2 Å². The Hall–Kier alpha value is -3.13. The number of nitrogens with zero attached hydrogens (tertiary/aromatic N) is 4. The largest absolute Gasteiger partial charge is 0.447 e. The highest BCUT2D eigenvalue weighted by atomic mass is 16.6. The lowest BCUT2D eigenvalue weighted by molar-refractivity contribution is 0.0746. The van der Waals surface area contributed by atoms with Crippen LogP contribution in [-0.4, -0.2) is 72.4 Å². The van der Waals surface area contributed by atoms with E-state index < -0.39 is 12.1 Å². The summed E-state index contributed by atoms with van der Waals surface area (Å²) < 4.78 is 5.03. The van der Waals surface area contributed by atoms with Gasteiger partial charge >= 0.3 is 6.09 Å². The van der Waals surface area contributed by atoms with Crippen molar-refractivity contribution >= 4 is 23.5 Å². The molecule has 3 heterocycles. The van der Waals surface area contributed by atoms with E-state index in [0.29, 0.717) is 36.2 Å². The number of rotatable bonds is 6. The first-order valence-electron chi connectivity index (χ1n) is 12.3. The number of hydrogen-bond donors (Lipinski definition) is 1. The second-order valence-electron chi connectivity index (χ2n) is 9.84. The lowest BCUT2D eigenvalue weighted by Gasteiger charge is -2.36. The number of carbonyl (C=O) groups excluding carboxylic acids is 2. The number of benzene rings is 1. The fourth-order valence-corrected chi connectivity index (χ4v) is 5.07. The van der Waals surface area contributed by atoms with Crippen LogP contribution in [0.2, 0.25) is 0 Å². The van der Waals surface area contributed by atoms with Crippen LogP contribution >= 0.6 is 0 Å². The molecule has 178 valence electrons. The second-order valence-corrected chi connectivity index (χ2v) is 9.84. The number of pyridine rings is 1. The predicted molar refractivity (Wildman–Crippen MR) is 127 cm³/mol. The van der Waals surface area contributed by atoms with E-state index in [9.17, 15) is 14.7 Å². The van der Waals surface area contributed by atoms with E-state index in [1.165, 1.54) is 41.7 Å². The molecule has 1 N–H and O–H groups in total. The lowest BCUT2D eigenvalue weighted by atomic mass is 10.1. The molecule has 8 heteroatoms. The predicted octanol–water partition coefficient (Wildman–Crippen LogP) is 3.12. The number of piperazine rings is 1. The van der Waals surface area contributed by atoms with E-state index in [2.05, 4.69) is 17.2 Å². The normalized spacial score (nSPS) is 22.8. The summed E-state index contributed by atoms with van der Waals surface area (Å²) in [5, 5.41) is 9.48. The molecule has 2 aliphatic heterocycles. The summed E-state index contributed by atoms with van der Waals surface area (Å²) in [4.78, 5) is 35.7. The highest BCUT2D eigenvalue weighted by Gasteiger charge is 2.35. The van der Waals surface area contributed by atoms with Crippen molar-refractivity contribution in [1.29, 1.82) is 0 Å². The molecule has 4 aliphatic rings. The molecule has 6 rings (SSSR count). The van der Waals surface area contributed by atoms with Crippen molar-refractivity contribution < 1.29 is 19.4 Å². The quantitative estimate of drug-likeness (QED) is 0.710. The van der Waals surface area contributed by atoms with Crippen molar-refractivity contribution in [2.45, 2.75) is 43.6 Å². The summed E-state index contributed by atoms with van der Waals surface area (Å²) in [7, 11) is 0. The number of ether oxygens (including phenoxy) is 1. The first-order valence-corrected chi connectivity index (χ1v) is 12.3. The maximum atomic E-state index is 13.1. The van der Waals surface area contributed by atoms with Crippen LogP contribution < -0.4 is 9.80 Å². The third kappa shape index (κ3) is 4.00. The zero-order valence-corrected chi connectivity index (χ0v) is 19.2. The van der Waals surface area contributed by atoms with Crippen LogP contribution in [0.4, 0.5) is 16.3 Å². The molecule has 2 aliphatic carbocycles. The van der Waals surface area contributed by atoms with Crippen LogP contribution in [0.25, 0.3) is 0 Å². The second kappa shape index (κ2) is 8.58. The minimum Gasteiger partial charge on any atom is -0.447 e. The van der Waals surface area contributed by atoms with Gasteiger partial charge in [-0.1, -0.05) is 6.07 Å².